The van der Waals surface area contributed by atoms with Crippen molar-refractivity contribution in [3.8, 4) is 5.75 Å². The van der Waals surface area contributed by atoms with Crippen LogP contribution in [0.25, 0.3) is 0 Å². The molecular formula is C30H38N2O3. The normalized spacial score (nSPS) is 11.3. The van der Waals surface area contributed by atoms with Crippen LogP contribution in [0.4, 0.5) is 4.79 Å². The minimum absolute atomic E-state index is 0.0107. The Bertz CT molecular complexity index is 1040. The lowest BCUT2D eigenvalue weighted by Crippen LogP contribution is -2.29. The number of para-hydroxylation sites is 1. The van der Waals surface area contributed by atoms with Crippen LogP contribution in [0.2, 0.25) is 0 Å². The Morgan fingerprint density at radius 1 is 0.857 bits per heavy atom. The molecule has 0 aliphatic heterocycles. The molecule has 5 nitrogen and oxygen atoms in total. The highest BCUT2D eigenvalue weighted by atomic mass is 16.5. The molecule has 3 aromatic carbocycles. The summed E-state index contributed by atoms with van der Waals surface area (Å²) in [6, 6.07) is 27.6. The van der Waals surface area contributed by atoms with Crippen LogP contribution in [0.3, 0.4) is 0 Å². The van der Waals surface area contributed by atoms with E-state index in [1.54, 1.807) is 6.07 Å². The molecule has 0 saturated heterocycles. The molecule has 5 heteroatoms. The van der Waals surface area contributed by atoms with Gasteiger partial charge in [0.1, 0.15) is 5.75 Å². The van der Waals surface area contributed by atoms with Gasteiger partial charge in [-0.05, 0) is 48.4 Å². The lowest BCUT2D eigenvalue weighted by molar-refractivity contribution is 0.106. The van der Waals surface area contributed by atoms with Gasteiger partial charge in [-0.15, -0.1) is 0 Å². The van der Waals surface area contributed by atoms with Crippen LogP contribution in [0.5, 0.6) is 5.75 Å². The molecule has 35 heavy (non-hydrogen) atoms. The number of hydrogen-bond acceptors (Lipinski definition) is 4. The smallest absolute Gasteiger partial charge is 0.407 e. The molecule has 0 aromatic heterocycles. The van der Waals surface area contributed by atoms with Gasteiger partial charge in [-0.25, -0.2) is 4.79 Å². The Labute approximate surface area is 209 Å². The molecule has 0 atom stereocenters. The van der Waals surface area contributed by atoms with Crippen molar-refractivity contribution in [2.45, 2.75) is 40.5 Å². The van der Waals surface area contributed by atoms with Gasteiger partial charge < -0.3 is 15.2 Å². The third kappa shape index (κ3) is 11.9. The molecule has 0 unspecified atom stereocenters. The molecule has 0 bridgehead atoms. The molecular weight excluding hydrogens is 436 g/mol. The first-order chi connectivity index (χ1) is 16.7. The largest absolute Gasteiger partial charge is 0.507 e. The monoisotopic (exact) mass is 474 g/mol. The quantitative estimate of drug-likeness (QED) is 0.369. The number of nitrogens with one attached hydrogen (secondary N) is 1. The first-order valence-corrected chi connectivity index (χ1v) is 12.0. The van der Waals surface area contributed by atoms with E-state index in [1.165, 1.54) is 11.1 Å². The maximum absolute atomic E-state index is 11.3. The minimum atomic E-state index is -0.337. The molecule has 1 amide bonds. The van der Waals surface area contributed by atoms with E-state index in [1.807, 2.05) is 94.4 Å². The van der Waals surface area contributed by atoms with E-state index in [0.29, 0.717) is 18.9 Å². The molecule has 0 heterocycles. The van der Waals surface area contributed by atoms with Crippen molar-refractivity contribution < 1.29 is 14.6 Å². The van der Waals surface area contributed by atoms with Crippen LogP contribution in [0, 0.1) is 5.41 Å². The standard InChI is InChI=1S/C16H17NO.C14H21NO2/c1-13(15-9-5-6-10-16(15)18)17-12-11-14-7-3-2-4-8-14;1-14(2,3)11-17-13(16)15-10-9-12-7-5-4-6-8-12/h2-10,18H,11-12H2,1H3;4-8H,9-11H2,1-3H3,(H,15,16). The van der Waals surface area contributed by atoms with Gasteiger partial charge in [0.05, 0.1) is 6.61 Å². The summed E-state index contributed by atoms with van der Waals surface area (Å²) in [7, 11) is 0. The number of nitrogens with zero attached hydrogens (tertiary/aromatic N) is 1. The highest BCUT2D eigenvalue weighted by Gasteiger charge is 2.13. The van der Waals surface area contributed by atoms with Gasteiger partial charge in [0, 0.05) is 24.4 Å². The van der Waals surface area contributed by atoms with Crippen molar-refractivity contribution >= 4 is 11.8 Å². The first-order valence-electron chi connectivity index (χ1n) is 12.0. The van der Waals surface area contributed by atoms with E-state index >= 15 is 0 Å². The third-order valence-corrected chi connectivity index (χ3v) is 5.05. The molecule has 186 valence electrons. The minimum Gasteiger partial charge on any atom is -0.507 e. The Morgan fingerprint density at radius 2 is 1.40 bits per heavy atom. The second kappa shape index (κ2) is 14.6. The number of amides is 1. The van der Waals surface area contributed by atoms with Gasteiger partial charge >= 0.3 is 6.09 Å². The summed E-state index contributed by atoms with van der Waals surface area (Å²) in [5.74, 6) is 0.290. The Kier molecular flexibility index (Phi) is 11.5. The number of ether oxygens (including phenoxy) is 1. The summed E-state index contributed by atoms with van der Waals surface area (Å²) < 4.78 is 5.09. The second-order valence-corrected chi connectivity index (χ2v) is 9.52. The highest BCUT2D eigenvalue weighted by Crippen LogP contribution is 2.16. The molecule has 0 fully saturated rings. The molecule has 3 rings (SSSR count). The SMILES string of the molecule is CC(=NCCc1ccccc1)c1ccccc1O.CC(C)(C)COC(=O)NCCc1ccccc1. The summed E-state index contributed by atoms with van der Waals surface area (Å²) in [5.41, 5.74) is 4.20. The Balaban J connectivity index is 0.000000247. The van der Waals surface area contributed by atoms with Crippen molar-refractivity contribution in [3.63, 3.8) is 0 Å². The summed E-state index contributed by atoms with van der Waals surface area (Å²) >= 11 is 0. The summed E-state index contributed by atoms with van der Waals surface area (Å²) in [5, 5.41) is 12.5. The van der Waals surface area contributed by atoms with Gasteiger partial charge in [-0.3, -0.25) is 4.99 Å². The van der Waals surface area contributed by atoms with Crippen LogP contribution >= 0.6 is 0 Å². The number of alkyl carbamates (subject to hydrolysis) is 1. The van der Waals surface area contributed by atoms with Gasteiger partial charge in [-0.1, -0.05) is 93.6 Å². The zero-order chi connectivity index (χ0) is 25.5. The molecule has 0 spiro atoms. The number of benzene rings is 3. The summed E-state index contributed by atoms with van der Waals surface area (Å²) in [6.45, 7) is 9.81. The van der Waals surface area contributed by atoms with Crippen molar-refractivity contribution in [2.75, 3.05) is 19.7 Å². The average Bonchev–Trinajstić information content (AvgIpc) is 2.84. The van der Waals surface area contributed by atoms with Crippen LogP contribution in [-0.4, -0.2) is 36.6 Å². The number of carbonyl (C=O) groups excluding carboxylic acids is 1. The van der Waals surface area contributed by atoms with Crippen LogP contribution in [-0.2, 0) is 17.6 Å². The number of aliphatic imine (C=N–C) groups is 1. The maximum Gasteiger partial charge on any atom is 0.407 e. The molecule has 0 aliphatic rings. The topological polar surface area (TPSA) is 70.9 Å². The predicted molar refractivity (Wildman–Crippen MR) is 144 cm³/mol. The molecule has 0 aliphatic carbocycles. The summed E-state index contributed by atoms with van der Waals surface area (Å²) in [6.07, 6.45) is 1.41. The molecule has 2 N–H and O–H groups in total. The van der Waals surface area contributed by atoms with E-state index in [4.69, 9.17) is 4.74 Å². The second-order valence-electron chi connectivity index (χ2n) is 9.52. The Morgan fingerprint density at radius 3 is 1.97 bits per heavy atom. The van der Waals surface area contributed by atoms with Gasteiger partial charge in [0.15, 0.2) is 0 Å². The van der Waals surface area contributed by atoms with E-state index in [2.05, 4.69) is 22.4 Å². The number of phenolic OH excluding ortho intramolecular Hbond substituents is 1. The van der Waals surface area contributed by atoms with Crippen molar-refractivity contribution in [1.29, 1.82) is 0 Å². The van der Waals surface area contributed by atoms with Crippen molar-refractivity contribution in [2.24, 2.45) is 10.4 Å². The van der Waals surface area contributed by atoms with Gasteiger partial charge in [0.2, 0.25) is 0 Å². The molecule has 0 saturated carbocycles. The van der Waals surface area contributed by atoms with E-state index < -0.39 is 0 Å². The Hall–Kier alpha value is -3.60. The van der Waals surface area contributed by atoms with Crippen LogP contribution < -0.4 is 5.32 Å². The highest BCUT2D eigenvalue weighted by molar-refractivity contribution is 6.00. The average molecular weight is 475 g/mol. The summed E-state index contributed by atoms with van der Waals surface area (Å²) in [4.78, 5) is 15.9. The fraction of sp³-hybridized carbons (Fsp3) is 0.333. The first kappa shape index (κ1) is 27.6. The number of carbonyl (C=O) groups is 1. The fourth-order valence-corrected chi connectivity index (χ4v) is 3.15. The van der Waals surface area contributed by atoms with E-state index in [0.717, 1.165) is 30.7 Å². The third-order valence-electron chi connectivity index (χ3n) is 5.05. The van der Waals surface area contributed by atoms with Crippen LogP contribution in [0.1, 0.15) is 44.4 Å². The number of phenols is 1. The zero-order valence-electron chi connectivity index (χ0n) is 21.3. The van der Waals surface area contributed by atoms with Crippen molar-refractivity contribution in [3.05, 3.63) is 102 Å². The van der Waals surface area contributed by atoms with Gasteiger partial charge in [-0.2, -0.15) is 0 Å². The predicted octanol–water partition coefficient (Wildman–Crippen LogP) is 6.45. The molecule has 0 radical (unpaired) electrons. The number of aromatic hydroxyl groups is 1. The number of hydrogen-bond donors (Lipinski definition) is 2. The fourth-order valence-electron chi connectivity index (χ4n) is 3.15. The lowest BCUT2D eigenvalue weighted by atomic mass is 9.99. The zero-order valence-corrected chi connectivity index (χ0v) is 21.3. The molecule has 3 aromatic rings. The van der Waals surface area contributed by atoms with E-state index in [9.17, 15) is 9.90 Å². The van der Waals surface area contributed by atoms with Crippen LogP contribution in [0.15, 0.2) is 89.9 Å². The van der Waals surface area contributed by atoms with E-state index in [-0.39, 0.29) is 11.5 Å². The lowest BCUT2D eigenvalue weighted by Gasteiger charge is -2.17. The number of rotatable bonds is 8. The van der Waals surface area contributed by atoms with Crippen molar-refractivity contribution in [1.82, 2.24) is 5.32 Å². The maximum atomic E-state index is 11.3. The van der Waals surface area contributed by atoms with Gasteiger partial charge in [0.25, 0.3) is 0 Å².